The van der Waals surface area contributed by atoms with Crippen LogP contribution in [0, 0.1) is 13.8 Å². The fourth-order valence-electron chi connectivity index (χ4n) is 2.76. The Hall–Kier alpha value is -1.60. The number of thiazole rings is 1. The highest BCUT2D eigenvalue weighted by Gasteiger charge is 2.23. The van der Waals surface area contributed by atoms with Crippen molar-refractivity contribution in [2.45, 2.75) is 18.7 Å². The molecule has 3 rings (SSSR count). The minimum atomic E-state index is -3.22. The van der Waals surface area contributed by atoms with E-state index in [1.165, 1.54) is 11.1 Å². The lowest BCUT2D eigenvalue weighted by Crippen LogP contribution is -2.46. The van der Waals surface area contributed by atoms with Gasteiger partial charge in [0.15, 0.2) is 15.0 Å². The molecule has 0 radical (unpaired) electrons. The molecule has 7 heteroatoms. The van der Waals surface area contributed by atoms with Crippen LogP contribution >= 0.6 is 11.3 Å². The number of hydrogen-bond donors (Lipinski definition) is 0. The second-order valence-corrected chi connectivity index (χ2v) is 9.02. The third-order valence-electron chi connectivity index (χ3n) is 4.17. The summed E-state index contributed by atoms with van der Waals surface area (Å²) < 4.78 is 24.0. The lowest BCUT2D eigenvalue weighted by molar-refractivity contribution is 0.599. The first-order chi connectivity index (χ1) is 10.9. The van der Waals surface area contributed by atoms with Gasteiger partial charge in [-0.15, -0.1) is 11.3 Å². The average molecular weight is 351 g/mol. The fourth-order valence-corrected chi connectivity index (χ4v) is 4.63. The van der Waals surface area contributed by atoms with Crippen molar-refractivity contribution in [1.29, 1.82) is 0 Å². The van der Waals surface area contributed by atoms with Crippen molar-refractivity contribution in [3.05, 3.63) is 34.8 Å². The van der Waals surface area contributed by atoms with Crippen molar-refractivity contribution in [3.63, 3.8) is 0 Å². The number of aryl methyl sites for hydroxylation is 2. The largest absolute Gasteiger partial charge is 0.367 e. The van der Waals surface area contributed by atoms with Gasteiger partial charge in [0.25, 0.3) is 0 Å². The smallest absolute Gasteiger partial charge is 0.185 e. The van der Waals surface area contributed by atoms with E-state index in [-0.39, 0.29) is 0 Å². The van der Waals surface area contributed by atoms with E-state index >= 15 is 0 Å². The minimum Gasteiger partial charge on any atom is -0.367 e. The predicted octanol–water partition coefficient (Wildman–Crippen LogP) is 2.49. The van der Waals surface area contributed by atoms with Gasteiger partial charge in [-0.3, -0.25) is 0 Å². The first kappa shape index (κ1) is 16.3. The van der Waals surface area contributed by atoms with Gasteiger partial charge in [-0.1, -0.05) is 12.1 Å². The SMILES string of the molecule is Cc1nc(N2CCN(c3ccccc3S(C)(=O)=O)CC2)sc1C. The molecule has 0 unspecified atom stereocenters. The zero-order valence-corrected chi connectivity index (χ0v) is 15.2. The Morgan fingerprint density at radius 1 is 1.04 bits per heavy atom. The summed E-state index contributed by atoms with van der Waals surface area (Å²) in [4.78, 5) is 10.7. The van der Waals surface area contributed by atoms with E-state index in [1.807, 2.05) is 19.1 Å². The monoisotopic (exact) mass is 351 g/mol. The van der Waals surface area contributed by atoms with Crippen molar-refractivity contribution >= 4 is 32.0 Å². The van der Waals surface area contributed by atoms with Crippen molar-refractivity contribution in [1.82, 2.24) is 4.98 Å². The molecule has 1 aromatic carbocycles. The Bertz CT molecular complexity index is 787. The van der Waals surface area contributed by atoms with E-state index in [0.717, 1.165) is 42.7 Å². The molecule has 2 aromatic rings. The number of sulfone groups is 1. The van der Waals surface area contributed by atoms with Crippen LogP contribution in [0.25, 0.3) is 0 Å². The van der Waals surface area contributed by atoms with Gasteiger partial charge in [-0.05, 0) is 26.0 Å². The second-order valence-electron chi connectivity index (χ2n) is 5.85. The number of hydrogen-bond acceptors (Lipinski definition) is 6. The summed E-state index contributed by atoms with van der Waals surface area (Å²) in [7, 11) is -3.22. The summed E-state index contributed by atoms with van der Waals surface area (Å²) in [6, 6.07) is 7.25. The summed E-state index contributed by atoms with van der Waals surface area (Å²) >= 11 is 1.73. The van der Waals surface area contributed by atoms with E-state index in [2.05, 4.69) is 21.7 Å². The third kappa shape index (κ3) is 3.35. The molecule has 1 fully saturated rings. The van der Waals surface area contributed by atoms with E-state index in [4.69, 9.17) is 0 Å². The highest BCUT2D eigenvalue weighted by Crippen LogP contribution is 2.29. The molecule has 0 aliphatic carbocycles. The minimum absolute atomic E-state index is 0.411. The maximum atomic E-state index is 12.0. The summed E-state index contributed by atoms with van der Waals surface area (Å²) in [5.41, 5.74) is 1.90. The fraction of sp³-hybridized carbons (Fsp3) is 0.438. The standard InChI is InChI=1S/C16H21N3O2S2/c1-12-13(2)22-16(17-12)19-10-8-18(9-11-19)14-6-4-5-7-15(14)23(3,20)21/h4-7H,8-11H2,1-3H3. The van der Waals surface area contributed by atoms with E-state index in [0.29, 0.717) is 4.90 Å². The highest BCUT2D eigenvalue weighted by molar-refractivity contribution is 7.90. The van der Waals surface area contributed by atoms with Gasteiger partial charge in [-0.25, -0.2) is 13.4 Å². The predicted molar refractivity (Wildman–Crippen MR) is 95.6 cm³/mol. The van der Waals surface area contributed by atoms with Crippen molar-refractivity contribution in [2.75, 3.05) is 42.2 Å². The number of piperazine rings is 1. The van der Waals surface area contributed by atoms with Gasteiger partial charge >= 0.3 is 0 Å². The lowest BCUT2D eigenvalue weighted by atomic mass is 10.2. The van der Waals surface area contributed by atoms with Gasteiger partial charge in [0, 0.05) is 37.3 Å². The molecule has 0 amide bonds. The van der Waals surface area contributed by atoms with Crippen LogP contribution in [0.15, 0.2) is 29.2 Å². The third-order valence-corrected chi connectivity index (χ3v) is 6.45. The molecule has 0 spiro atoms. The van der Waals surface area contributed by atoms with E-state index in [9.17, 15) is 8.42 Å². The van der Waals surface area contributed by atoms with Crippen LogP contribution in [0.5, 0.6) is 0 Å². The zero-order chi connectivity index (χ0) is 16.6. The summed E-state index contributed by atoms with van der Waals surface area (Å²) in [5.74, 6) is 0. The second kappa shape index (κ2) is 6.13. The molecular formula is C16H21N3O2S2. The summed E-state index contributed by atoms with van der Waals surface area (Å²) in [6.07, 6.45) is 1.27. The Morgan fingerprint density at radius 3 is 2.22 bits per heavy atom. The molecule has 1 aliphatic rings. The molecule has 1 aliphatic heterocycles. The molecule has 5 nitrogen and oxygen atoms in total. The maximum absolute atomic E-state index is 12.0. The lowest BCUT2D eigenvalue weighted by Gasteiger charge is -2.36. The molecule has 2 heterocycles. The number of anilines is 2. The Labute approximate surface area is 141 Å². The first-order valence-corrected chi connectivity index (χ1v) is 10.3. The van der Waals surface area contributed by atoms with Crippen LogP contribution < -0.4 is 9.80 Å². The van der Waals surface area contributed by atoms with Crippen LogP contribution in [-0.4, -0.2) is 45.8 Å². The molecule has 0 atom stereocenters. The average Bonchev–Trinajstić information content (AvgIpc) is 2.86. The van der Waals surface area contributed by atoms with E-state index in [1.54, 1.807) is 23.5 Å². The number of aromatic nitrogens is 1. The van der Waals surface area contributed by atoms with Gasteiger partial charge in [0.1, 0.15) is 0 Å². The molecular weight excluding hydrogens is 330 g/mol. The topological polar surface area (TPSA) is 53.5 Å². The number of rotatable bonds is 3. The quantitative estimate of drug-likeness (QED) is 0.850. The molecule has 124 valence electrons. The van der Waals surface area contributed by atoms with Gasteiger partial charge < -0.3 is 9.80 Å². The highest BCUT2D eigenvalue weighted by atomic mass is 32.2. The number of para-hydroxylation sites is 1. The van der Waals surface area contributed by atoms with Crippen LogP contribution in [0.2, 0.25) is 0 Å². The molecule has 0 N–H and O–H groups in total. The first-order valence-electron chi connectivity index (χ1n) is 7.59. The number of nitrogens with zero attached hydrogens (tertiary/aromatic N) is 3. The van der Waals surface area contributed by atoms with Gasteiger partial charge in [-0.2, -0.15) is 0 Å². The summed E-state index contributed by atoms with van der Waals surface area (Å²) in [5, 5.41) is 1.07. The van der Waals surface area contributed by atoms with Crippen LogP contribution in [0.3, 0.4) is 0 Å². The van der Waals surface area contributed by atoms with Crippen molar-refractivity contribution in [2.24, 2.45) is 0 Å². The molecule has 23 heavy (non-hydrogen) atoms. The normalized spacial score (nSPS) is 16.0. The Morgan fingerprint density at radius 2 is 1.65 bits per heavy atom. The van der Waals surface area contributed by atoms with Crippen LogP contribution in [0.1, 0.15) is 10.6 Å². The van der Waals surface area contributed by atoms with E-state index < -0.39 is 9.84 Å². The zero-order valence-electron chi connectivity index (χ0n) is 13.6. The molecule has 0 saturated carbocycles. The molecule has 0 bridgehead atoms. The molecule has 1 aromatic heterocycles. The molecule has 1 saturated heterocycles. The summed E-state index contributed by atoms with van der Waals surface area (Å²) in [6.45, 7) is 7.42. The Kier molecular flexibility index (Phi) is 4.33. The van der Waals surface area contributed by atoms with Crippen LogP contribution in [0.4, 0.5) is 10.8 Å². The van der Waals surface area contributed by atoms with Crippen molar-refractivity contribution in [3.8, 4) is 0 Å². The van der Waals surface area contributed by atoms with Gasteiger partial charge in [0.05, 0.1) is 16.3 Å². The van der Waals surface area contributed by atoms with Gasteiger partial charge in [0.2, 0.25) is 0 Å². The Balaban J connectivity index is 1.77. The maximum Gasteiger partial charge on any atom is 0.185 e. The van der Waals surface area contributed by atoms with Crippen LogP contribution in [-0.2, 0) is 9.84 Å². The number of benzene rings is 1. The van der Waals surface area contributed by atoms with Crippen molar-refractivity contribution < 1.29 is 8.42 Å².